The molecule has 0 saturated heterocycles. The summed E-state index contributed by atoms with van der Waals surface area (Å²) >= 11 is 0. The Morgan fingerprint density at radius 2 is 2.29 bits per heavy atom. The molecule has 1 unspecified atom stereocenters. The Kier molecular flexibility index (Phi) is 2.31. The molecule has 1 saturated carbocycles. The number of nitrogens with zero attached hydrogens (tertiary/aromatic N) is 3. The van der Waals surface area contributed by atoms with Gasteiger partial charge in [-0.25, -0.2) is 9.97 Å². The number of anilines is 1. The van der Waals surface area contributed by atoms with Gasteiger partial charge in [0.2, 0.25) is 5.95 Å². The van der Waals surface area contributed by atoms with Crippen LogP contribution in [0.3, 0.4) is 0 Å². The van der Waals surface area contributed by atoms with E-state index >= 15 is 0 Å². The molecule has 0 radical (unpaired) electrons. The zero-order chi connectivity index (χ0) is 12.0. The molecule has 0 amide bonds. The number of hydrogen-bond acceptors (Lipinski definition) is 3. The van der Waals surface area contributed by atoms with Crippen molar-refractivity contribution in [3.8, 4) is 0 Å². The number of rotatable bonds is 3. The van der Waals surface area contributed by atoms with E-state index in [4.69, 9.17) is 5.73 Å². The van der Waals surface area contributed by atoms with E-state index in [0.717, 1.165) is 22.6 Å². The third-order valence-corrected chi connectivity index (χ3v) is 3.51. The van der Waals surface area contributed by atoms with Crippen molar-refractivity contribution in [2.75, 3.05) is 5.73 Å². The summed E-state index contributed by atoms with van der Waals surface area (Å²) in [6, 6.07) is 2.43. The maximum absolute atomic E-state index is 6.01. The predicted molar refractivity (Wildman–Crippen MR) is 68.7 cm³/mol. The van der Waals surface area contributed by atoms with E-state index < -0.39 is 0 Å². The predicted octanol–water partition coefficient (Wildman–Crippen LogP) is 2.68. The van der Waals surface area contributed by atoms with E-state index in [1.807, 2.05) is 19.2 Å². The fraction of sp³-hybridized carbons (Fsp3) is 0.538. The van der Waals surface area contributed by atoms with Gasteiger partial charge in [0, 0.05) is 12.2 Å². The van der Waals surface area contributed by atoms with Gasteiger partial charge >= 0.3 is 0 Å². The Labute approximate surface area is 101 Å². The second-order valence-corrected chi connectivity index (χ2v) is 5.22. The molecule has 2 heterocycles. The second kappa shape index (κ2) is 3.72. The number of imidazole rings is 1. The second-order valence-electron chi connectivity index (χ2n) is 5.22. The van der Waals surface area contributed by atoms with Gasteiger partial charge in [-0.2, -0.15) is 0 Å². The summed E-state index contributed by atoms with van der Waals surface area (Å²) in [5.74, 6) is 1.47. The van der Waals surface area contributed by atoms with Crippen molar-refractivity contribution >= 4 is 17.1 Å². The molecule has 4 heteroatoms. The molecule has 2 aromatic rings. The van der Waals surface area contributed by atoms with Gasteiger partial charge in [-0.3, -0.25) is 4.57 Å². The van der Waals surface area contributed by atoms with E-state index in [-0.39, 0.29) is 0 Å². The fourth-order valence-electron chi connectivity index (χ4n) is 2.48. The fourth-order valence-corrected chi connectivity index (χ4v) is 2.48. The Balaban J connectivity index is 2.04. The van der Waals surface area contributed by atoms with Crippen LogP contribution in [0.5, 0.6) is 0 Å². The Morgan fingerprint density at radius 1 is 1.53 bits per heavy atom. The molecule has 0 aliphatic heterocycles. The van der Waals surface area contributed by atoms with Gasteiger partial charge in [0.05, 0.1) is 0 Å². The molecule has 3 rings (SSSR count). The van der Waals surface area contributed by atoms with E-state index in [9.17, 15) is 0 Å². The number of aryl methyl sites for hydroxylation is 1. The smallest absolute Gasteiger partial charge is 0.202 e. The number of hydrogen-bond donors (Lipinski definition) is 1. The van der Waals surface area contributed by atoms with Crippen molar-refractivity contribution in [2.45, 2.75) is 39.2 Å². The van der Waals surface area contributed by atoms with E-state index in [0.29, 0.717) is 12.0 Å². The average molecular weight is 230 g/mol. The first kappa shape index (κ1) is 10.6. The van der Waals surface area contributed by atoms with E-state index in [1.54, 1.807) is 0 Å². The first-order valence-corrected chi connectivity index (χ1v) is 6.25. The van der Waals surface area contributed by atoms with Crippen molar-refractivity contribution < 1.29 is 0 Å². The van der Waals surface area contributed by atoms with Crippen LogP contribution in [0.25, 0.3) is 11.2 Å². The molecule has 0 spiro atoms. The van der Waals surface area contributed by atoms with Crippen LogP contribution >= 0.6 is 0 Å². The first-order chi connectivity index (χ1) is 8.15. The van der Waals surface area contributed by atoms with Crippen LogP contribution in [-0.4, -0.2) is 14.5 Å². The van der Waals surface area contributed by atoms with Crippen LogP contribution in [0.15, 0.2) is 12.3 Å². The largest absolute Gasteiger partial charge is 0.369 e. The minimum absolute atomic E-state index is 0.391. The lowest BCUT2D eigenvalue weighted by Crippen LogP contribution is -2.10. The third-order valence-electron chi connectivity index (χ3n) is 3.51. The lowest BCUT2D eigenvalue weighted by Gasteiger charge is -2.14. The summed E-state index contributed by atoms with van der Waals surface area (Å²) in [6.07, 6.45) is 5.79. The van der Waals surface area contributed by atoms with E-state index in [1.165, 1.54) is 19.3 Å². The zero-order valence-electron chi connectivity index (χ0n) is 10.3. The van der Waals surface area contributed by atoms with Gasteiger partial charge in [-0.05, 0) is 37.8 Å². The lowest BCUT2D eigenvalue weighted by atomic mass is 10.1. The van der Waals surface area contributed by atoms with Crippen LogP contribution < -0.4 is 5.73 Å². The maximum atomic E-state index is 6.01. The highest BCUT2D eigenvalue weighted by Gasteiger charge is 2.26. The van der Waals surface area contributed by atoms with E-state index in [2.05, 4.69) is 21.5 Å². The topological polar surface area (TPSA) is 56.7 Å². The summed E-state index contributed by atoms with van der Waals surface area (Å²) in [6.45, 7) is 4.23. The van der Waals surface area contributed by atoms with Crippen molar-refractivity contribution in [3.05, 3.63) is 17.8 Å². The van der Waals surface area contributed by atoms with Crippen LogP contribution in [-0.2, 0) is 0 Å². The van der Waals surface area contributed by atoms with Crippen molar-refractivity contribution in [2.24, 2.45) is 5.92 Å². The number of nitrogens with two attached hydrogens (primary N) is 1. The summed E-state index contributed by atoms with van der Waals surface area (Å²) in [7, 11) is 0. The summed E-state index contributed by atoms with van der Waals surface area (Å²) in [4.78, 5) is 8.87. The van der Waals surface area contributed by atoms with Gasteiger partial charge in [-0.1, -0.05) is 12.8 Å². The molecule has 1 aliphatic carbocycles. The molecular weight excluding hydrogens is 212 g/mol. The molecule has 17 heavy (non-hydrogen) atoms. The lowest BCUT2D eigenvalue weighted by molar-refractivity contribution is 0.490. The molecule has 1 atom stereocenters. The summed E-state index contributed by atoms with van der Waals surface area (Å²) in [5, 5.41) is 0. The monoisotopic (exact) mass is 230 g/mol. The zero-order valence-corrected chi connectivity index (χ0v) is 10.3. The first-order valence-electron chi connectivity index (χ1n) is 6.25. The minimum atomic E-state index is 0.391. The molecule has 0 bridgehead atoms. The molecule has 1 fully saturated rings. The highest BCUT2D eigenvalue weighted by atomic mass is 15.2. The number of nitrogen functional groups attached to an aromatic ring is 1. The molecule has 2 N–H and O–H groups in total. The van der Waals surface area contributed by atoms with Crippen molar-refractivity contribution in [1.29, 1.82) is 0 Å². The standard InChI is InChI=1S/C13H18N4/c1-8-5-11-12(15-7-8)17(13(14)16-11)9(2)6-10-3-4-10/h5,7,9-10H,3-4,6H2,1-2H3,(H2,14,16). The van der Waals surface area contributed by atoms with Gasteiger partial charge in [0.1, 0.15) is 5.52 Å². The third kappa shape index (κ3) is 1.88. The molecular formula is C13H18N4. The van der Waals surface area contributed by atoms with Crippen LogP contribution in [0, 0.1) is 12.8 Å². The molecule has 2 aromatic heterocycles. The molecule has 1 aliphatic rings. The molecule has 0 aromatic carbocycles. The molecule has 90 valence electrons. The normalized spacial score (nSPS) is 17.5. The van der Waals surface area contributed by atoms with Gasteiger partial charge in [0.25, 0.3) is 0 Å². The van der Waals surface area contributed by atoms with Crippen LogP contribution in [0.2, 0.25) is 0 Å². The number of fused-ring (bicyclic) bond motifs is 1. The highest BCUT2D eigenvalue weighted by molar-refractivity contribution is 5.74. The SMILES string of the molecule is Cc1cnc2c(c1)nc(N)n2C(C)CC1CC1. The van der Waals surface area contributed by atoms with Gasteiger partial charge in [-0.15, -0.1) is 0 Å². The summed E-state index contributed by atoms with van der Waals surface area (Å²) in [5.41, 5.74) is 8.96. The Morgan fingerprint density at radius 3 is 3.00 bits per heavy atom. The maximum Gasteiger partial charge on any atom is 0.202 e. The Hall–Kier alpha value is -1.58. The highest BCUT2D eigenvalue weighted by Crippen LogP contribution is 2.38. The van der Waals surface area contributed by atoms with Crippen molar-refractivity contribution in [3.63, 3.8) is 0 Å². The quantitative estimate of drug-likeness (QED) is 0.882. The van der Waals surface area contributed by atoms with Crippen LogP contribution in [0.4, 0.5) is 5.95 Å². The Bertz CT molecular complexity index is 554. The van der Waals surface area contributed by atoms with Crippen molar-refractivity contribution in [1.82, 2.24) is 14.5 Å². The summed E-state index contributed by atoms with van der Waals surface area (Å²) < 4.78 is 2.08. The number of pyridine rings is 1. The minimum Gasteiger partial charge on any atom is -0.369 e. The van der Waals surface area contributed by atoms with Crippen LogP contribution in [0.1, 0.15) is 37.8 Å². The number of aromatic nitrogens is 3. The average Bonchev–Trinajstić information content (AvgIpc) is 2.99. The van der Waals surface area contributed by atoms with Gasteiger partial charge < -0.3 is 5.73 Å². The molecule has 4 nitrogen and oxygen atoms in total. The van der Waals surface area contributed by atoms with Gasteiger partial charge in [0.15, 0.2) is 5.65 Å².